The molecule has 1 aliphatic carbocycles. The van der Waals surface area contributed by atoms with Gasteiger partial charge in [0.05, 0.1) is 16.9 Å². The lowest BCUT2D eigenvalue weighted by Crippen LogP contribution is -2.07. The van der Waals surface area contributed by atoms with Crippen LogP contribution >= 0.6 is 0 Å². The monoisotopic (exact) mass is 266 g/mol. The highest BCUT2D eigenvalue weighted by atomic mass is 15.0. The standard InChI is InChI=1S/C16H18N4/c1-11-10-20-8-7-13-15(16(20)18-11)19-14(9-17-13)12-5-3-2-4-6-12/h7-10,12H,2-6H2,1H3. The number of hydrogen-bond donors (Lipinski definition) is 0. The van der Waals surface area contributed by atoms with Gasteiger partial charge in [0.15, 0.2) is 5.65 Å². The van der Waals surface area contributed by atoms with Crippen LogP contribution in [0.4, 0.5) is 0 Å². The first-order valence-corrected chi connectivity index (χ1v) is 7.42. The van der Waals surface area contributed by atoms with Gasteiger partial charge in [0, 0.05) is 24.5 Å². The van der Waals surface area contributed by atoms with E-state index in [0.29, 0.717) is 5.92 Å². The summed E-state index contributed by atoms with van der Waals surface area (Å²) in [5.41, 5.74) is 4.95. The molecule has 0 aromatic carbocycles. The Morgan fingerprint density at radius 2 is 2.00 bits per heavy atom. The molecule has 0 spiro atoms. The number of aryl methyl sites for hydroxylation is 1. The molecule has 3 aromatic rings. The number of aromatic nitrogens is 4. The van der Waals surface area contributed by atoms with Gasteiger partial charge in [-0.05, 0) is 25.8 Å². The first-order chi connectivity index (χ1) is 9.81. The van der Waals surface area contributed by atoms with E-state index < -0.39 is 0 Å². The van der Waals surface area contributed by atoms with E-state index in [1.807, 2.05) is 36.0 Å². The minimum atomic E-state index is 0.581. The van der Waals surface area contributed by atoms with Crippen molar-refractivity contribution in [3.63, 3.8) is 0 Å². The molecule has 0 unspecified atom stereocenters. The Kier molecular flexibility index (Phi) is 2.69. The second-order valence-corrected chi connectivity index (χ2v) is 5.79. The number of imidazole rings is 1. The third-order valence-electron chi connectivity index (χ3n) is 4.30. The second kappa shape index (κ2) is 4.54. The Balaban J connectivity index is 1.89. The van der Waals surface area contributed by atoms with Gasteiger partial charge in [-0.25, -0.2) is 9.97 Å². The maximum absolute atomic E-state index is 4.89. The van der Waals surface area contributed by atoms with Gasteiger partial charge >= 0.3 is 0 Å². The van der Waals surface area contributed by atoms with E-state index in [0.717, 1.165) is 28.1 Å². The number of rotatable bonds is 1. The minimum Gasteiger partial charge on any atom is -0.305 e. The van der Waals surface area contributed by atoms with Crippen LogP contribution in [0.2, 0.25) is 0 Å². The molecule has 20 heavy (non-hydrogen) atoms. The summed E-state index contributed by atoms with van der Waals surface area (Å²) in [7, 11) is 0. The van der Waals surface area contributed by atoms with Crippen molar-refractivity contribution in [3.05, 3.63) is 36.0 Å². The average molecular weight is 266 g/mol. The molecule has 0 radical (unpaired) electrons. The molecule has 1 fully saturated rings. The minimum absolute atomic E-state index is 0.581. The van der Waals surface area contributed by atoms with Crippen molar-refractivity contribution in [3.8, 4) is 0 Å². The highest BCUT2D eigenvalue weighted by molar-refractivity contribution is 5.87. The lowest BCUT2D eigenvalue weighted by Gasteiger charge is -2.20. The zero-order chi connectivity index (χ0) is 13.5. The zero-order valence-corrected chi connectivity index (χ0v) is 11.7. The van der Waals surface area contributed by atoms with E-state index in [1.54, 1.807) is 0 Å². The van der Waals surface area contributed by atoms with Crippen molar-refractivity contribution in [2.24, 2.45) is 0 Å². The zero-order valence-electron chi connectivity index (χ0n) is 11.7. The summed E-state index contributed by atoms with van der Waals surface area (Å²) in [5.74, 6) is 0.581. The van der Waals surface area contributed by atoms with E-state index in [1.165, 1.54) is 32.1 Å². The van der Waals surface area contributed by atoms with E-state index in [9.17, 15) is 0 Å². The van der Waals surface area contributed by atoms with Gasteiger partial charge in [-0.1, -0.05) is 19.3 Å². The van der Waals surface area contributed by atoms with Crippen molar-refractivity contribution >= 4 is 16.7 Å². The summed E-state index contributed by atoms with van der Waals surface area (Å²) in [6.45, 7) is 2.01. The molecule has 102 valence electrons. The lowest BCUT2D eigenvalue weighted by atomic mass is 9.87. The van der Waals surface area contributed by atoms with Crippen LogP contribution in [0.15, 0.2) is 24.7 Å². The van der Waals surface area contributed by atoms with Gasteiger partial charge in [0.1, 0.15) is 5.52 Å². The quantitative estimate of drug-likeness (QED) is 0.675. The summed E-state index contributed by atoms with van der Waals surface area (Å²) >= 11 is 0. The van der Waals surface area contributed by atoms with Crippen molar-refractivity contribution in [1.29, 1.82) is 0 Å². The molecule has 0 amide bonds. The molecule has 0 atom stereocenters. The summed E-state index contributed by atoms with van der Waals surface area (Å²) in [6.07, 6.45) is 12.5. The average Bonchev–Trinajstić information content (AvgIpc) is 2.88. The van der Waals surface area contributed by atoms with Crippen LogP contribution in [0.3, 0.4) is 0 Å². The van der Waals surface area contributed by atoms with E-state index in [2.05, 4.69) is 9.97 Å². The fraction of sp³-hybridized carbons (Fsp3) is 0.438. The topological polar surface area (TPSA) is 43.1 Å². The van der Waals surface area contributed by atoms with Crippen molar-refractivity contribution in [1.82, 2.24) is 19.4 Å². The fourth-order valence-electron chi connectivity index (χ4n) is 3.25. The molecule has 1 aliphatic rings. The van der Waals surface area contributed by atoms with Gasteiger partial charge in [-0.3, -0.25) is 4.98 Å². The molecular weight excluding hydrogens is 248 g/mol. The molecule has 4 heteroatoms. The second-order valence-electron chi connectivity index (χ2n) is 5.79. The van der Waals surface area contributed by atoms with Crippen molar-refractivity contribution in [2.75, 3.05) is 0 Å². The Hall–Kier alpha value is -1.97. The Morgan fingerprint density at radius 1 is 1.15 bits per heavy atom. The van der Waals surface area contributed by atoms with Gasteiger partial charge in [0.2, 0.25) is 0 Å². The first kappa shape index (κ1) is 11.8. The molecular formula is C16H18N4. The van der Waals surface area contributed by atoms with Crippen LogP contribution in [-0.4, -0.2) is 19.4 Å². The molecule has 0 N–H and O–H groups in total. The number of hydrogen-bond acceptors (Lipinski definition) is 3. The van der Waals surface area contributed by atoms with Gasteiger partial charge in [0.25, 0.3) is 0 Å². The van der Waals surface area contributed by atoms with Crippen LogP contribution in [0.1, 0.15) is 49.4 Å². The van der Waals surface area contributed by atoms with Crippen LogP contribution in [-0.2, 0) is 0 Å². The Morgan fingerprint density at radius 3 is 2.85 bits per heavy atom. The van der Waals surface area contributed by atoms with E-state index >= 15 is 0 Å². The Labute approximate surface area is 117 Å². The number of fused-ring (bicyclic) bond motifs is 3. The number of pyridine rings is 1. The maximum Gasteiger partial charge on any atom is 0.165 e. The van der Waals surface area contributed by atoms with Gasteiger partial charge in [-0.2, -0.15) is 0 Å². The summed E-state index contributed by atoms with van der Waals surface area (Å²) < 4.78 is 2.04. The Bertz CT molecular complexity index is 769. The molecule has 4 rings (SSSR count). The third kappa shape index (κ3) is 1.87. The molecule has 3 aromatic heterocycles. The molecule has 0 aliphatic heterocycles. The molecule has 1 saturated carbocycles. The van der Waals surface area contributed by atoms with Crippen LogP contribution in [0, 0.1) is 6.92 Å². The highest BCUT2D eigenvalue weighted by Crippen LogP contribution is 2.32. The predicted molar refractivity (Wildman–Crippen MR) is 78.9 cm³/mol. The van der Waals surface area contributed by atoms with E-state index in [4.69, 9.17) is 4.98 Å². The van der Waals surface area contributed by atoms with Crippen LogP contribution in [0.25, 0.3) is 16.7 Å². The molecule has 4 nitrogen and oxygen atoms in total. The number of nitrogens with zero attached hydrogens (tertiary/aromatic N) is 4. The molecule has 3 heterocycles. The normalized spacial score (nSPS) is 17.1. The fourth-order valence-corrected chi connectivity index (χ4v) is 3.25. The first-order valence-electron chi connectivity index (χ1n) is 7.42. The lowest BCUT2D eigenvalue weighted by molar-refractivity contribution is 0.436. The smallest absolute Gasteiger partial charge is 0.165 e. The highest BCUT2D eigenvalue weighted by Gasteiger charge is 2.18. The van der Waals surface area contributed by atoms with Crippen LogP contribution < -0.4 is 0 Å². The molecule has 0 bridgehead atoms. The van der Waals surface area contributed by atoms with Gasteiger partial charge < -0.3 is 4.40 Å². The SMILES string of the molecule is Cc1cn2ccc3ncc(C4CCCCC4)nc3c2n1. The predicted octanol–water partition coefficient (Wildman–Crippen LogP) is 3.63. The van der Waals surface area contributed by atoms with Gasteiger partial charge in [-0.15, -0.1) is 0 Å². The van der Waals surface area contributed by atoms with Crippen molar-refractivity contribution < 1.29 is 0 Å². The van der Waals surface area contributed by atoms with Crippen molar-refractivity contribution in [2.45, 2.75) is 44.9 Å². The summed E-state index contributed by atoms with van der Waals surface area (Å²) in [6, 6.07) is 2.01. The maximum atomic E-state index is 4.89. The van der Waals surface area contributed by atoms with E-state index in [-0.39, 0.29) is 0 Å². The summed E-state index contributed by atoms with van der Waals surface area (Å²) in [4.78, 5) is 14.1. The summed E-state index contributed by atoms with van der Waals surface area (Å²) in [5, 5.41) is 0. The molecule has 0 saturated heterocycles. The van der Waals surface area contributed by atoms with Crippen LogP contribution in [0.5, 0.6) is 0 Å². The third-order valence-corrected chi connectivity index (χ3v) is 4.30. The largest absolute Gasteiger partial charge is 0.305 e.